The van der Waals surface area contributed by atoms with Crippen LogP contribution in [0.4, 0.5) is 0 Å². The van der Waals surface area contributed by atoms with Gasteiger partial charge < -0.3 is 15.0 Å². The third kappa shape index (κ3) is 3.90. The lowest BCUT2D eigenvalue weighted by atomic mass is 9.90. The van der Waals surface area contributed by atoms with Gasteiger partial charge in [-0.2, -0.15) is 0 Å². The molecule has 3 rings (SSSR count). The summed E-state index contributed by atoms with van der Waals surface area (Å²) in [4.78, 5) is 15.3. The number of H-pyrrole nitrogens is 1. The van der Waals surface area contributed by atoms with Crippen LogP contribution in [0.3, 0.4) is 0 Å². The lowest BCUT2D eigenvalue weighted by Gasteiger charge is -2.22. The first-order valence-electron chi connectivity index (χ1n) is 7.43. The van der Waals surface area contributed by atoms with Gasteiger partial charge in [-0.3, -0.25) is 0 Å². The third-order valence-electron chi connectivity index (χ3n) is 3.98. The molecule has 0 atom stereocenters. The first-order valence-corrected chi connectivity index (χ1v) is 7.43. The molecule has 0 aliphatic carbocycles. The van der Waals surface area contributed by atoms with Crippen molar-refractivity contribution in [1.82, 2.24) is 10.3 Å². The Morgan fingerprint density at radius 3 is 2.59 bits per heavy atom. The molecule has 0 spiro atoms. The highest BCUT2D eigenvalue weighted by Gasteiger charge is 2.23. The molecule has 1 aliphatic heterocycles. The van der Waals surface area contributed by atoms with E-state index >= 15 is 0 Å². The predicted molar refractivity (Wildman–Crippen MR) is 88.4 cm³/mol. The number of aromatic amines is 1. The number of piperidine rings is 1. The van der Waals surface area contributed by atoms with Crippen molar-refractivity contribution in [3.8, 4) is 0 Å². The molecule has 1 saturated heterocycles. The highest BCUT2D eigenvalue weighted by atomic mass is 35.5. The summed E-state index contributed by atoms with van der Waals surface area (Å²) in [6, 6.07) is 11.8. The van der Waals surface area contributed by atoms with Crippen LogP contribution in [-0.2, 0) is 11.3 Å². The van der Waals surface area contributed by atoms with Crippen LogP contribution >= 0.6 is 12.4 Å². The van der Waals surface area contributed by atoms with Crippen LogP contribution in [0, 0.1) is 0 Å². The van der Waals surface area contributed by atoms with E-state index in [4.69, 9.17) is 4.74 Å². The van der Waals surface area contributed by atoms with Crippen LogP contribution in [0.25, 0.3) is 0 Å². The second-order valence-corrected chi connectivity index (χ2v) is 5.39. The van der Waals surface area contributed by atoms with E-state index in [0.29, 0.717) is 18.2 Å². The number of ether oxygens (including phenoxy) is 1. The van der Waals surface area contributed by atoms with Gasteiger partial charge in [0.25, 0.3) is 0 Å². The SMILES string of the molecule is Cl.O=C(OCc1ccccc1)c1[nH]ccc1C1CCNCC1. The van der Waals surface area contributed by atoms with Crippen LogP contribution in [-0.4, -0.2) is 24.0 Å². The average molecular weight is 321 g/mol. The molecule has 5 heteroatoms. The Morgan fingerprint density at radius 2 is 1.86 bits per heavy atom. The van der Waals surface area contributed by atoms with Crippen LogP contribution in [0.1, 0.15) is 40.4 Å². The molecule has 4 nitrogen and oxygen atoms in total. The standard InChI is InChI=1S/C17H20N2O2.ClH/c20-17(21-12-13-4-2-1-3-5-13)16-15(8-11-19-16)14-6-9-18-10-7-14;/h1-5,8,11,14,18-19H,6-7,9-10,12H2;1H. The zero-order valence-corrected chi connectivity index (χ0v) is 13.2. The Balaban J connectivity index is 0.00000176. The molecule has 2 aromatic rings. The average Bonchev–Trinajstić information content (AvgIpc) is 3.04. The normalized spacial score (nSPS) is 15.1. The lowest BCUT2D eigenvalue weighted by Crippen LogP contribution is -2.27. The Kier molecular flexibility index (Phi) is 6.04. The molecule has 22 heavy (non-hydrogen) atoms. The molecule has 0 saturated carbocycles. The topological polar surface area (TPSA) is 54.1 Å². The van der Waals surface area contributed by atoms with E-state index in [1.54, 1.807) is 0 Å². The zero-order chi connectivity index (χ0) is 14.5. The van der Waals surface area contributed by atoms with Crippen molar-refractivity contribution in [2.24, 2.45) is 0 Å². The molecule has 2 heterocycles. The number of carbonyl (C=O) groups is 1. The van der Waals surface area contributed by atoms with Gasteiger partial charge in [0, 0.05) is 6.20 Å². The van der Waals surface area contributed by atoms with Crippen molar-refractivity contribution >= 4 is 18.4 Å². The van der Waals surface area contributed by atoms with E-state index < -0.39 is 0 Å². The van der Waals surface area contributed by atoms with Crippen LogP contribution in [0.2, 0.25) is 0 Å². The van der Waals surface area contributed by atoms with Crippen LogP contribution < -0.4 is 5.32 Å². The second kappa shape index (κ2) is 8.01. The van der Waals surface area contributed by atoms with E-state index in [0.717, 1.165) is 37.1 Å². The second-order valence-electron chi connectivity index (χ2n) is 5.39. The molecular weight excluding hydrogens is 300 g/mol. The van der Waals surface area contributed by atoms with Gasteiger partial charge in [0.05, 0.1) is 0 Å². The molecule has 1 aromatic heterocycles. The van der Waals surface area contributed by atoms with Gasteiger partial charge >= 0.3 is 5.97 Å². The van der Waals surface area contributed by atoms with Gasteiger partial charge in [-0.15, -0.1) is 12.4 Å². The number of hydrogen-bond donors (Lipinski definition) is 2. The van der Waals surface area contributed by atoms with Gasteiger partial charge in [-0.05, 0) is 49.0 Å². The van der Waals surface area contributed by atoms with E-state index in [-0.39, 0.29) is 18.4 Å². The van der Waals surface area contributed by atoms with Crippen molar-refractivity contribution in [2.45, 2.75) is 25.4 Å². The number of aromatic nitrogens is 1. The summed E-state index contributed by atoms with van der Waals surface area (Å²) in [7, 11) is 0. The summed E-state index contributed by atoms with van der Waals surface area (Å²) in [5.41, 5.74) is 2.70. The maximum atomic E-state index is 12.3. The molecule has 118 valence electrons. The van der Waals surface area contributed by atoms with Crippen molar-refractivity contribution in [3.63, 3.8) is 0 Å². The number of nitrogens with one attached hydrogen (secondary N) is 2. The number of benzene rings is 1. The van der Waals surface area contributed by atoms with Crippen molar-refractivity contribution in [1.29, 1.82) is 0 Å². The lowest BCUT2D eigenvalue weighted by molar-refractivity contribution is 0.0464. The monoisotopic (exact) mass is 320 g/mol. The van der Waals surface area contributed by atoms with Gasteiger partial charge in [0.2, 0.25) is 0 Å². The van der Waals surface area contributed by atoms with E-state index in [2.05, 4.69) is 10.3 Å². The third-order valence-corrected chi connectivity index (χ3v) is 3.98. The summed E-state index contributed by atoms with van der Waals surface area (Å²) in [6.07, 6.45) is 3.96. The van der Waals surface area contributed by atoms with Crippen molar-refractivity contribution in [3.05, 3.63) is 59.4 Å². The summed E-state index contributed by atoms with van der Waals surface area (Å²) < 4.78 is 5.42. The Labute approximate surface area is 136 Å². The van der Waals surface area contributed by atoms with E-state index in [1.807, 2.05) is 42.6 Å². The highest BCUT2D eigenvalue weighted by molar-refractivity contribution is 5.89. The minimum absolute atomic E-state index is 0. The molecule has 0 bridgehead atoms. The molecule has 0 unspecified atom stereocenters. The highest BCUT2D eigenvalue weighted by Crippen LogP contribution is 2.28. The summed E-state index contributed by atoms with van der Waals surface area (Å²) >= 11 is 0. The van der Waals surface area contributed by atoms with E-state index in [9.17, 15) is 4.79 Å². The molecule has 0 radical (unpaired) electrons. The van der Waals surface area contributed by atoms with Gasteiger partial charge in [-0.1, -0.05) is 30.3 Å². The van der Waals surface area contributed by atoms with Crippen molar-refractivity contribution in [2.75, 3.05) is 13.1 Å². The summed E-state index contributed by atoms with van der Waals surface area (Å²) in [5.74, 6) is 0.175. The minimum Gasteiger partial charge on any atom is -0.456 e. The number of halogens is 1. The van der Waals surface area contributed by atoms with Gasteiger partial charge in [-0.25, -0.2) is 4.79 Å². The number of hydrogen-bond acceptors (Lipinski definition) is 3. The fourth-order valence-corrected chi connectivity index (χ4v) is 2.83. The molecule has 0 amide bonds. The maximum Gasteiger partial charge on any atom is 0.355 e. The molecular formula is C17H21ClN2O2. The Bertz CT molecular complexity index is 592. The Morgan fingerprint density at radius 1 is 1.14 bits per heavy atom. The molecule has 2 N–H and O–H groups in total. The number of rotatable bonds is 4. The predicted octanol–water partition coefficient (Wildman–Crippen LogP) is 3.26. The van der Waals surface area contributed by atoms with Gasteiger partial charge in [0.1, 0.15) is 12.3 Å². The summed E-state index contributed by atoms with van der Waals surface area (Å²) in [6.45, 7) is 2.33. The summed E-state index contributed by atoms with van der Waals surface area (Å²) in [5, 5.41) is 3.35. The fourth-order valence-electron chi connectivity index (χ4n) is 2.83. The smallest absolute Gasteiger partial charge is 0.355 e. The zero-order valence-electron chi connectivity index (χ0n) is 12.4. The quantitative estimate of drug-likeness (QED) is 0.850. The molecule has 1 fully saturated rings. The van der Waals surface area contributed by atoms with Crippen molar-refractivity contribution < 1.29 is 9.53 Å². The molecule has 1 aromatic carbocycles. The first kappa shape index (κ1) is 16.6. The fraction of sp³-hybridized carbons (Fsp3) is 0.353. The Hall–Kier alpha value is -1.78. The largest absolute Gasteiger partial charge is 0.456 e. The van der Waals surface area contributed by atoms with Gasteiger partial charge in [0.15, 0.2) is 0 Å². The molecule has 1 aliphatic rings. The first-order chi connectivity index (χ1) is 10.3. The van der Waals surface area contributed by atoms with Crippen LogP contribution in [0.15, 0.2) is 42.6 Å². The minimum atomic E-state index is -0.266. The van der Waals surface area contributed by atoms with Crippen LogP contribution in [0.5, 0.6) is 0 Å². The number of esters is 1. The van der Waals surface area contributed by atoms with E-state index in [1.165, 1.54) is 0 Å². The maximum absolute atomic E-state index is 12.3. The number of carbonyl (C=O) groups excluding carboxylic acids is 1.